The van der Waals surface area contributed by atoms with Crippen molar-refractivity contribution in [1.29, 1.82) is 0 Å². The maximum absolute atomic E-state index is 5.67. The van der Waals surface area contributed by atoms with Gasteiger partial charge in [0.1, 0.15) is 0 Å². The van der Waals surface area contributed by atoms with E-state index >= 15 is 0 Å². The van der Waals surface area contributed by atoms with Crippen molar-refractivity contribution in [2.24, 2.45) is 11.3 Å². The summed E-state index contributed by atoms with van der Waals surface area (Å²) in [6, 6.07) is 0. The van der Waals surface area contributed by atoms with E-state index in [-0.39, 0.29) is 0 Å². The van der Waals surface area contributed by atoms with Crippen molar-refractivity contribution in [3.8, 4) is 0 Å². The van der Waals surface area contributed by atoms with E-state index in [2.05, 4.69) is 27.7 Å². The van der Waals surface area contributed by atoms with Crippen LogP contribution in [-0.2, 0) is 4.74 Å². The smallest absolute Gasteiger partial charge is 0.0526 e. The van der Waals surface area contributed by atoms with Crippen molar-refractivity contribution in [2.45, 2.75) is 53.1 Å². The minimum absolute atomic E-state index is 0.398. The fourth-order valence-electron chi connectivity index (χ4n) is 1.79. The van der Waals surface area contributed by atoms with E-state index in [0.29, 0.717) is 11.5 Å². The standard InChI is InChI=1S/C11H22O/c1-9(2)7-11(5-6-11)8-12-10(3)4/h9-10H,5-8H2,1-4H3. The highest BCUT2D eigenvalue weighted by Gasteiger charge is 2.42. The Morgan fingerprint density at radius 2 is 1.75 bits per heavy atom. The molecule has 0 N–H and O–H groups in total. The highest BCUT2D eigenvalue weighted by atomic mass is 16.5. The second kappa shape index (κ2) is 3.78. The Balaban J connectivity index is 2.20. The molecular formula is C11H22O. The average molecular weight is 170 g/mol. The van der Waals surface area contributed by atoms with Gasteiger partial charge in [-0.3, -0.25) is 0 Å². The quantitative estimate of drug-likeness (QED) is 0.615. The molecule has 1 rings (SSSR count). The van der Waals surface area contributed by atoms with E-state index in [1.54, 1.807) is 0 Å². The predicted molar refractivity (Wildman–Crippen MR) is 52.2 cm³/mol. The van der Waals surface area contributed by atoms with E-state index < -0.39 is 0 Å². The van der Waals surface area contributed by atoms with Crippen molar-refractivity contribution < 1.29 is 4.74 Å². The Morgan fingerprint density at radius 3 is 2.08 bits per heavy atom. The number of ether oxygens (including phenoxy) is 1. The molecular weight excluding hydrogens is 148 g/mol. The van der Waals surface area contributed by atoms with Crippen LogP contribution < -0.4 is 0 Å². The van der Waals surface area contributed by atoms with Gasteiger partial charge in [0.2, 0.25) is 0 Å². The monoisotopic (exact) mass is 170 g/mol. The normalized spacial score (nSPS) is 20.5. The van der Waals surface area contributed by atoms with Crippen molar-refractivity contribution >= 4 is 0 Å². The lowest BCUT2D eigenvalue weighted by molar-refractivity contribution is 0.0374. The minimum atomic E-state index is 0.398. The van der Waals surface area contributed by atoms with E-state index in [1.807, 2.05) is 0 Å². The number of hydrogen-bond acceptors (Lipinski definition) is 1. The van der Waals surface area contributed by atoms with Gasteiger partial charge in [0.05, 0.1) is 12.7 Å². The van der Waals surface area contributed by atoms with Gasteiger partial charge < -0.3 is 4.74 Å². The highest BCUT2D eigenvalue weighted by molar-refractivity contribution is 4.93. The van der Waals surface area contributed by atoms with Gasteiger partial charge in [-0.05, 0) is 44.4 Å². The summed E-state index contributed by atoms with van der Waals surface area (Å²) in [5.74, 6) is 0.822. The van der Waals surface area contributed by atoms with Crippen LogP contribution in [0.25, 0.3) is 0 Å². The van der Waals surface area contributed by atoms with Crippen LogP contribution >= 0.6 is 0 Å². The zero-order valence-corrected chi connectivity index (χ0v) is 8.89. The minimum Gasteiger partial charge on any atom is -0.378 e. The van der Waals surface area contributed by atoms with Crippen molar-refractivity contribution in [3.63, 3.8) is 0 Å². The molecule has 1 saturated carbocycles. The Hall–Kier alpha value is -0.0400. The topological polar surface area (TPSA) is 9.23 Å². The summed E-state index contributed by atoms with van der Waals surface area (Å²) in [4.78, 5) is 0. The van der Waals surface area contributed by atoms with Crippen molar-refractivity contribution in [2.75, 3.05) is 6.61 Å². The van der Waals surface area contributed by atoms with Gasteiger partial charge in [0.15, 0.2) is 0 Å². The summed E-state index contributed by atoms with van der Waals surface area (Å²) in [5.41, 5.74) is 0.582. The van der Waals surface area contributed by atoms with Gasteiger partial charge >= 0.3 is 0 Å². The number of hydrogen-bond donors (Lipinski definition) is 0. The molecule has 1 aliphatic rings. The van der Waals surface area contributed by atoms with Gasteiger partial charge in [-0.25, -0.2) is 0 Å². The Morgan fingerprint density at radius 1 is 1.17 bits per heavy atom. The molecule has 0 unspecified atom stereocenters. The van der Waals surface area contributed by atoms with E-state index in [9.17, 15) is 0 Å². The maximum atomic E-state index is 5.67. The number of rotatable bonds is 5. The molecule has 1 heteroatoms. The van der Waals surface area contributed by atoms with Crippen LogP contribution in [-0.4, -0.2) is 12.7 Å². The molecule has 12 heavy (non-hydrogen) atoms. The first-order valence-electron chi connectivity index (χ1n) is 5.16. The van der Waals surface area contributed by atoms with Crippen LogP contribution in [0.2, 0.25) is 0 Å². The van der Waals surface area contributed by atoms with E-state index in [0.717, 1.165) is 12.5 Å². The molecule has 0 bridgehead atoms. The SMILES string of the molecule is CC(C)CC1(COC(C)C)CC1. The second-order valence-corrected chi connectivity index (χ2v) is 4.96. The molecule has 0 aliphatic heterocycles. The lowest BCUT2D eigenvalue weighted by atomic mass is 9.95. The molecule has 0 aromatic rings. The van der Waals surface area contributed by atoms with Gasteiger partial charge in [-0.2, -0.15) is 0 Å². The first-order chi connectivity index (χ1) is 5.54. The lowest BCUT2D eigenvalue weighted by Gasteiger charge is -2.19. The summed E-state index contributed by atoms with van der Waals surface area (Å²) >= 11 is 0. The molecule has 72 valence electrons. The van der Waals surface area contributed by atoms with Crippen LogP contribution in [0.15, 0.2) is 0 Å². The van der Waals surface area contributed by atoms with Crippen LogP contribution in [0.1, 0.15) is 47.0 Å². The third kappa shape index (κ3) is 3.14. The third-order valence-electron chi connectivity index (χ3n) is 2.52. The zero-order chi connectivity index (χ0) is 9.19. The molecule has 0 saturated heterocycles. The van der Waals surface area contributed by atoms with Gasteiger partial charge in [-0.15, -0.1) is 0 Å². The fourth-order valence-corrected chi connectivity index (χ4v) is 1.79. The molecule has 1 nitrogen and oxygen atoms in total. The summed E-state index contributed by atoms with van der Waals surface area (Å²) in [5, 5.41) is 0. The van der Waals surface area contributed by atoms with Crippen molar-refractivity contribution in [3.05, 3.63) is 0 Å². The van der Waals surface area contributed by atoms with E-state index in [1.165, 1.54) is 19.3 Å². The summed E-state index contributed by atoms with van der Waals surface area (Å²) in [6.07, 6.45) is 4.52. The Bertz CT molecular complexity index is 134. The maximum Gasteiger partial charge on any atom is 0.0526 e. The molecule has 0 atom stereocenters. The first kappa shape index (κ1) is 10.0. The lowest BCUT2D eigenvalue weighted by Crippen LogP contribution is -2.16. The first-order valence-corrected chi connectivity index (χ1v) is 5.16. The molecule has 1 fully saturated rings. The summed E-state index contributed by atoms with van der Waals surface area (Å²) in [6.45, 7) is 9.82. The van der Waals surface area contributed by atoms with Crippen LogP contribution in [0, 0.1) is 11.3 Å². The molecule has 0 spiro atoms. The van der Waals surface area contributed by atoms with Crippen LogP contribution in [0.3, 0.4) is 0 Å². The summed E-state index contributed by atoms with van der Waals surface area (Å²) < 4.78 is 5.67. The average Bonchev–Trinajstić information content (AvgIpc) is 2.64. The van der Waals surface area contributed by atoms with Crippen molar-refractivity contribution in [1.82, 2.24) is 0 Å². The molecule has 0 heterocycles. The van der Waals surface area contributed by atoms with Gasteiger partial charge in [-0.1, -0.05) is 13.8 Å². The van der Waals surface area contributed by atoms with Crippen LogP contribution in [0.4, 0.5) is 0 Å². The van der Waals surface area contributed by atoms with Crippen LogP contribution in [0.5, 0.6) is 0 Å². The Labute approximate surface area is 76.5 Å². The molecule has 0 aromatic carbocycles. The molecule has 0 amide bonds. The molecule has 1 aliphatic carbocycles. The van der Waals surface area contributed by atoms with E-state index in [4.69, 9.17) is 4.74 Å². The third-order valence-corrected chi connectivity index (χ3v) is 2.52. The zero-order valence-electron chi connectivity index (χ0n) is 8.89. The second-order valence-electron chi connectivity index (χ2n) is 4.96. The predicted octanol–water partition coefficient (Wildman–Crippen LogP) is 3.24. The largest absolute Gasteiger partial charge is 0.378 e. The summed E-state index contributed by atoms with van der Waals surface area (Å²) in [7, 11) is 0. The molecule has 0 radical (unpaired) electrons. The van der Waals surface area contributed by atoms with Gasteiger partial charge in [0.25, 0.3) is 0 Å². The van der Waals surface area contributed by atoms with Gasteiger partial charge in [0, 0.05) is 0 Å². The Kier molecular flexibility index (Phi) is 3.16. The molecule has 0 aromatic heterocycles. The highest BCUT2D eigenvalue weighted by Crippen LogP contribution is 2.50. The fraction of sp³-hybridized carbons (Fsp3) is 1.00.